The summed E-state index contributed by atoms with van der Waals surface area (Å²) in [6.45, 7) is 5.70. The fourth-order valence-electron chi connectivity index (χ4n) is 2.71. The summed E-state index contributed by atoms with van der Waals surface area (Å²) in [7, 11) is 0. The van der Waals surface area contributed by atoms with Crippen LogP contribution in [0, 0.1) is 5.92 Å². The minimum atomic E-state index is -0.774. The van der Waals surface area contributed by atoms with Crippen LogP contribution in [0.2, 0.25) is 0 Å². The van der Waals surface area contributed by atoms with Crippen molar-refractivity contribution < 1.29 is 14.7 Å². The first-order chi connectivity index (χ1) is 10.5. The molecule has 1 saturated heterocycles. The third-order valence-corrected chi connectivity index (χ3v) is 4.36. The Kier molecular flexibility index (Phi) is 5.55. The molecule has 0 bridgehead atoms. The zero-order valence-corrected chi connectivity index (χ0v) is 13.2. The molecule has 0 saturated carbocycles. The average molecular weight is 304 g/mol. The molecule has 1 fully saturated rings. The van der Waals surface area contributed by atoms with Gasteiger partial charge in [-0.3, -0.25) is 14.5 Å². The van der Waals surface area contributed by atoms with Gasteiger partial charge >= 0.3 is 5.97 Å². The lowest BCUT2D eigenvalue weighted by Gasteiger charge is -2.15. The van der Waals surface area contributed by atoms with Crippen LogP contribution < -0.4 is 5.32 Å². The summed E-state index contributed by atoms with van der Waals surface area (Å²) >= 11 is 0. The monoisotopic (exact) mass is 304 g/mol. The van der Waals surface area contributed by atoms with Crippen LogP contribution in [-0.4, -0.2) is 41.5 Å². The van der Waals surface area contributed by atoms with Crippen LogP contribution in [0.4, 0.5) is 5.69 Å². The molecular formula is C17H24N2O3. The van der Waals surface area contributed by atoms with Gasteiger partial charge in [0.1, 0.15) is 0 Å². The maximum absolute atomic E-state index is 12.0. The smallest absolute Gasteiger partial charge is 0.307 e. The lowest BCUT2D eigenvalue weighted by molar-refractivity contribution is -0.141. The minimum absolute atomic E-state index is 0.0951. The molecule has 1 amide bonds. The molecule has 2 unspecified atom stereocenters. The van der Waals surface area contributed by atoms with Crippen LogP contribution in [0.25, 0.3) is 0 Å². The number of hydrogen-bond acceptors (Lipinski definition) is 3. The number of benzene rings is 1. The number of nitrogens with zero attached hydrogens (tertiary/aromatic N) is 1. The van der Waals surface area contributed by atoms with Gasteiger partial charge in [0.15, 0.2) is 0 Å². The largest absolute Gasteiger partial charge is 0.481 e. The van der Waals surface area contributed by atoms with E-state index in [4.69, 9.17) is 5.11 Å². The van der Waals surface area contributed by atoms with E-state index in [1.807, 2.05) is 29.2 Å². The summed E-state index contributed by atoms with van der Waals surface area (Å²) in [5.74, 6) is -0.698. The number of carbonyl (C=O) groups excluding carboxylic acids is 1. The molecule has 1 aliphatic heterocycles. The molecule has 1 aromatic rings. The number of amides is 1. The van der Waals surface area contributed by atoms with Crippen molar-refractivity contribution in [1.29, 1.82) is 0 Å². The normalized spacial score (nSPS) is 19.8. The van der Waals surface area contributed by atoms with Crippen molar-refractivity contribution in [1.82, 2.24) is 4.90 Å². The van der Waals surface area contributed by atoms with Crippen LogP contribution in [0.1, 0.15) is 38.2 Å². The van der Waals surface area contributed by atoms with Gasteiger partial charge in [-0.2, -0.15) is 0 Å². The zero-order chi connectivity index (χ0) is 16.1. The van der Waals surface area contributed by atoms with Gasteiger partial charge in [0.2, 0.25) is 5.91 Å². The summed E-state index contributed by atoms with van der Waals surface area (Å²) < 4.78 is 0. The van der Waals surface area contributed by atoms with Gasteiger partial charge in [0.25, 0.3) is 0 Å². The molecule has 120 valence electrons. The predicted molar refractivity (Wildman–Crippen MR) is 86.0 cm³/mol. The highest BCUT2D eigenvalue weighted by atomic mass is 16.4. The molecule has 5 nitrogen and oxygen atoms in total. The van der Waals surface area contributed by atoms with E-state index >= 15 is 0 Å². The van der Waals surface area contributed by atoms with E-state index in [0.29, 0.717) is 25.4 Å². The molecule has 2 rings (SSSR count). The molecule has 1 heterocycles. The lowest BCUT2D eigenvalue weighted by Crippen LogP contribution is -2.32. The van der Waals surface area contributed by atoms with Crippen molar-refractivity contribution in [3.05, 3.63) is 29.8 Å². The van der Waals surface area contributed by atoms with Gasteiger partial charge < -0.3 is 10.4 Å². The van der Waals surface area contributed by atoms with Crippen molar-refractivity contribution in [3.8, 4) is 0 Å². The number of rotatable bonds is 6. The molecule has 0 radical (unpaired) electrons. The van der Waals surface area contributed by atoms with E-state index in [1.54, 1.807) is 0 Å². The number of hydrogen-bond donors (Lipinski definition) is 2. The highest BCUT2D eigenvalue weighted by Gasteiger charge is 2.28. The zero-order valence-electron chi connectivity index (χ0n) is 13.2. The second-order valence-corrected chi connectivity index (χ2v) is 6.04. The Hall–Kier alpha value is -1.88. The fourth-order valence-corrected chi connectivity index (χ4v) is 2.71. The lowest BCUT2D eigenvalue weighted by atomic mass is 9.99. The van der Waals surface area contributed by atoms with Gasteiger partial charge in [0.05, 0.1) is 12.5 Å². The van der Waals surface area contributed by atoms with Gasteiger partial charge in [-0.1, -0.05) is 26.0 Å². The Bertz CT molecular complexity index is 527. The Morgan fingerprint density at radius 2 is 2.05 bits per heavy atom. The quantitative estimate of drug-likeness (QED) is 0.847. The van der Waals surface area contributed by atoms with Crippen LogP contribution in [-0.2, 0) is 9.59 Å². The van der Waals surface area contributed by atoms with E-state index in [2.05, 4.69) is 19.2 Å². The standard InChI is InChI=1S/C17H24N2O3/c1-3-12(2)13-4-6-15(7-5-13)18-16(20)11-19-9-8-14(10-19)17(21)22/h4-7,12,14H,3,8-11H2,1-2H3,(H,18,20)(H,21,22). The number of carboxylic acids is 1. The maximum atomic E-state index is 12.0. The second kappa shape index (κ2) is 7.40. The Morgan fingerprint density at radius 3 is 2.59 bits per heavy atom. The highest BCUT2D eigenvalue weighted by molar-refractivity contribution is 5.92. The topological polar surface area (TPSA) is 69.6 Å². The minimum Gasteiger partial charge on any atom is -0.481 e. The second-order valence-electron chi connectivity index (χ2n) is 6.04. The van der Waals surface area contributed by atoms with Gasteiger partial charge in [-0.05, 0) is 43.0 Å². The fraction of sp³-hybridized carbons (Fsp3) is 0.529. The number of carboxylic acid groups (broad SMARTS) is 1. The molecule has 22 heavy (non-hydrogen) atoms. The summed E-state index contributed by atoms with van der Waals surface area (Å²) in [5, 5.41) is 11.8. The van der Waals surface area contributed by atoms with E-state index in [9.17, 15) is 9.59 Å². The van der Waals surface area contributed by atoms with Gasteiger partial charge in [-0.15, -0.1) is 0 Å². The predicted octanol–water partition coefficient (Wildman–Crippen LogP) is 2.55. The van der Waals surface area contributed by atoms with Crippen LogP contribution in [0.5, 0.6) is 0 Å². The van der Waals surface area contributed by atoms with Gasteiger partial charge in [0, 0.05) is 12.2 Å². The summed E-state index contributed by atoms with van der Waals surface area (Å²) in [4.78, 5) is 24.8. The Morgan fingerprint density at radius 1 is 1.36 bits per heavy atom. The Labute approximate surface area is 131 Å². The van der Waals surface area contributed by atoms with Crippen LogP contribution in [0.15, 0.2) is 24.3 Å². The van der Waals surface area contributed by atoms with Crippen molar-refractivity contribution in [2.24, 2.45) is 5.92 Å². The molecule has 0 aliphatic carbocycles. The van der Waals surface area contributed by atoms with Crippen molar-refractivity contribution in [2.75, 3.05) is 25.0 Å². The van der Waals surface area contributed by atoms with Gasteiger partial charge in [-0.25, -0.2) is 0 Å². The van der Waals surface area contributed by atoms with E-state index in [1.165, 1.54) is 5.56 Å². The summed E-state index contributed by atoms with van der Waals surface area (Å²) in [6.07, 6.45) is 1.71. The Balaban J connectivity index is 1.83. The molecular weight excluding hydrogens is 280 g/mol. The number of carbonyl (C=O) groups is 2. The third-order valence-electron chi connectivity index (χ3n) is 4.36. The summed E-state index contributed by atoms with van der Waals surface area (Å²) in [6, 6.07) is 7.92. The van der Waals surface area contributed by atoms with Crippen LogP contribution >= 0.6 is 0 Å². The first kappa shape index (κ1) is 16.5. The number of aliphatic carboxylic acids is 1. The molecule has 1 aliphatic rings. The molecule has 5 heteroatoms. The molecule has 0 spiro atoms. The molecule has 0 aromatic heterocycles. The van der Waals surface area contributed by atoms with Crippen LogP contribution in [0.3, 0.4) is 0 Å². The van der Waals surface area contributed by atoms with E-state index in [-0.39, 0.29) is 18.4 Å². The maximum Gasteiger partial charge on any atom is 0.307 e. The summed E-state index contributed by atoms with van der Waals surface area (Å²) in [5.41, 5.74) is 2.05. The highest BCUT2D eigenvalue weighted by Crippen LogP contribution is 2.21. The number of likely N-dealkylation sites (tertiary alicyclic amines) is 1. The van der Waals surface area contributed by atoms with E-state index < -0.39 is 5.97 Å². The first-order valence-corrected chi connectivity index (χ1v) is 7.84. The average Bonchev–Trinajstić information content (AvgIpc) is 2.95. The molecule has 2 N–H and O–H groups in total. The number of anilines is 1. The van der Waals surface area contributed by atoms with E-state index in [0.717, 1.165) is 12.1 Å². The molecule has 2 atom stereocenters. The molecule has 1 aromatic carbocycles. The first-order valence-electron chi connectivity index (χ1n) is 7.84. The van der Waals surface area contributed by atoms with Crippen molar-refractivity contribution in [3.63, 3.8) is 0 Å². The van der Waals surface area contributed by atoms with Crippen molar-refractivity contribution >= 4 is 17.6 Å². The number of nitrogens with one attached hydrogen (secondary N) is 1. The van der Waals surface area contributed by atoms with Crippen molar-refractivity contribution in [2.45, 2.75) is 32.6 Å². The SMILES string of the molecule is CCC(C)c1ccc(NC(=O)CN2CCC(C(=O)O)C2)cc1. The third kappa shape index (κ3) is 4.31.